The molecule has 2 nitrogen and oxygen atoms in total. The van der Waals surface area contributed by atoms with Gasteiger partial charge in [-0.05, 0) is 24.6 Å². The number of ether oxygens (including phenoxy) is 1. The van der Waals surface area contributed by atoms with Gasteiger partial charge in [-0.25, -0.2) is 0 Å². The maximum Gasteiger partial charge on any atom is 0.121 e. The minimum atomic E-state index is 0.191. The Morgan fingerprint density at radius 3 is 2.50 bits per heavy atom. The number of rotatable bonds is 4. The van der Waals surface area contributed by atoms with Crippen LogP contribution in [0.15, 0.2) is 48.5 Å². The zero-order chi connectivity index (χ0) is 13.0. The van der Waals surface area contributed by atoms with Crippen molar-refractivity contribution < 1.29 is 4.74 Å². The van der Waals surface area contributed by atoms with E-state index >= 15 is 0 Å². The van der Waals surface area contributed by atoms with E-state index in [1.54, 1.807) is 7.11 Å². The van der Waals surface area contributed by atoms with Gasteiger partial charge in [-0.3, -0.25) is 0 Å². The summed E-state index contributed by atoms with van der Waals surface area (Å²) in [4.78, 5) is 0. The Morgan fingerprint density at radius 1 is 1.11 bits per heavy atom. The highest BCUT2D eigenvalue weighted by molar-refractivity contribution is 6.33. The zero-order valence-electron chi connectivity index (χ0n) is 10.5. The lowest BCUT2D eigenvalue weighted by Crippen LogP contribution is -2.06. The fourth-order valence-corrected chi connectivity index (χ4v) is 1.97. The minimum absolute atomic E-state index is 0.191. The Kier molecular flexibility index (Phi) is 4.11. The van der Waals surface area contributed by atoms with Crippen LogP contribution >= 0.6 is 11.6 Å². The molecule has 2 rings (SSSR count). The van der Waals surface area contributed by atoms with Crippen LogP contribution in [0.4, 0.5) is 5.69 Å². The lowest BCUT2D eigenvalue weighted by atomic mass is 10.1. The summed E-state index contributed by atoms with van der Waals surface area (Å²) in [7, 11) is 1.65. The van der Waals surface area contributed by atoms with Crippen LogP contribution in [0.1, 0.15) is 18.5 Å². The Morgan fingerprint density at radius 2 is 1.83 bits per heavy atom. The summed E-state index contributed by atoms with van der Waals surface area (Å²) in [5.74, 6) is 0.794. The van der Waals surface area contributed by atoms with E-state index in [4.69, 9.17) is 16.3 Å². The summed E-state index contributed by atoms with van der Waals surface area (Å²) in [6, 6.07) is 16.0. The van der Waals surface area contributed by atoms with Crippen LogP contribution in [0.5, 0.6) is 5.75 Å². The maximum absolute atomic E-state index is 6.17. The van der Waals surface area contributed by atoms with Crippen molar-refractivity contribution in [2.24, 2.45) is 0 Å². The molecule has 0 fully saturated rings. The first-order chi connectivity index (χ1) is 8.70. The molecule has 0 saturated carbocycles. The Hall–Kier alpha value is -1.67. The molecule has 0 aliphatic heterocycles. The molecule has 94 valence electrons. The quantitative estimate of drug-likeness (QED) is 0.874. The van der Waals surface area contributed by atoms with E-state index in [0.29, 0.717) is 5.02 Å². The molecular weight excluding hydrogens is 246 g/mol. The van der Waals surface area contributed by atoms with E-state index in [2.05, 4.69) is 24.4 Å². The third-order valence-electron chi connectivity index (χ3n) is 2.85. The van der Waals surface area contributed by atoms with E-state index in [-0.39, 0.29) is 6.04 Å². The second-order valence-electron chi connectivity index (χ2n) is 4.12. The zero-order valence-corrected chi connectivity index (χ0v) is 11.2. The topological polar surface area (TPSA) is 21.3 Å². The third kappa shape index (κ3) is 2.96. The van der Waals surface area contributed by atoms with Gasteiger partial charge in [-0.2, -0.15) is 0 Å². The van der Waals surface area contributed by atoms with Crippen LogP contribution in [0, 0.1) is 0 Å². The summed E-state index contributed by atoms with van der Waals surface area (Å²) in [6.45, 7) is 2.10. The molecule has 0 bridgehead atoms. The molecule has 0 aromatic heterocycles. The van der Waals surface area contributed by atoms with Crippen LogP contribution in [0.25, 0.3) is 0 Å². The van der Waals surface area contributed by atoms with Gasteiger partial charge >= 0.3 is 0 Å². The highest BCUT2D eigenvalue weighted by Crippen LogP contribution is 2.29. The lowest BCUT2D eigenvalue weighted by Gasteiger charge is -2.17. The number of benzene rings is 2. The summed E-state index contributed by atoms with van der Waals surface area (Å²) >= 11 is 6.17. The maximum atomic E-state index is 6.17. The smallest absolute Gasteiger partial charge is 0.121 e. The lowest BCUT2D eigenvalue weighted by molar-refractivity contribution is 0.415. The number of nitrogens with one attached hydrogen (secondary N) is 1. The predicted octanol–water partition coefficient (Wildman–Crippen LogP) is 4.52. The van der Waals surface area contributed by atoms with Crippen LogP contribution in [0.3, 0.4) is 0 Å². The molecule has 0 saturated heterocycles. The van der Waals surface area contributed by atoms with E-state index in [0.717, 1.165) is 11.4 Å². The molecule has 0 amide bonds. The van der Waals surface area contributed by atoms with Gasteiger partial charge in [0.1, 0.15) is 5.75 Å². The van der Waals surface area contributed by atoms with Gasteiger partial charge in [0.15, 0.2) is 0 Å². The molecule has 0 aliphatic carbocycles. The van der Waals surface area contributed by atoms with Gasteiger partial charge in [0, 0.05) is 12.1 Å². The standard InChI is InChI=1S/C15H16ClNO/c1-11(12-6-4-3-5-7-12)17-15-10-13(18-2)8-9-14(15)16/h3-11,17H,1-2H3. The van der Waals surface area contributed by atoms with Gasteiger partial charge in [0.2, 0.25) is 0 Å². The first-order valence-corrected chi connectivity index (χ1v) is 6.23. The Labute approximate surface area is 113 Å². The predicted molar refractivity (Wildman–Crippen MR) is 76.5 cm³/mol. The summed E-state index contributed by atoms with van der Waals surface area (Å²) in [6.07, 6.45) is 0. The van der Waals surface area contributed by atoms with Crippen LogP contribution in [-0.4, -0.2) is 7.11 Å². The normalized spacial score (nSPS) is 11.9. The number of hydrogen-bond acceptors (Lipinski definition) is 2. The van der Waals surface area contributed by atoms with Gasteiger partial charge in [-0.15, -0.1) is 0 Å². The first kappa shape index (κ1) is 12.8. The molecule has 1 unspecified atom stereocenters. The second kappa shape index (κ2) is 5.78. The van der Waals surface area contributed by atoms with Gasteiger partial charge in [-0.1, -0.05) is 41.9 Å². The molecule has 1 atom stereocenters. The Balaban J connectivity index is 2.18. The van der Waals surface area contributed by atoms with Crippen LogP contribution < -0.4 is 10.1 Å². The molecule has 2 aromatic rings. The average molecular weight is 262 g/mol. The largest absolute Gasteiger partial charge is 0.497 e. The van der Waals surface area contributed by atoms with Crippen molar-refractivity contribution in [3.05, 3.63) is 59.1 Å². The molecular formula is C15H16ClNO. The van der Waals surface area contributed by atoms with Crippen molar-refractivity contribution >= 4 is 17.3 Å². The fraction of sp³-hybridized carbons (Fsp3) is 0.200. The minimum Gasteiger partial charge on any atom is -0.497 e. The number of halogens is 1. The Bertz CT molecular complexity index is 513. The van der Waals surface area contributed by atoms with Crippen LogP contribution in [0.2, 0.25) is 5.02 Å². The molecule has 0 spiro atoms. The highest BCUT2D eigenvalue weighted by Gasteiger charge is 2.08. The molecule has 0 radical (unpaired) electrons. The van der Waals surface area contributed by atoms with Crippen molar-refractivity contribution in [1.29, 1.82) is 0 Å². The number of anilines is 1. The highest BCUT2D eigenvalue weighted by atomic mass is 35.5. The molecule has 3 heteroatoms. The first-order valence-electron chi connectivity index (χ1n) is 5.85. The molecule has 0 aliphatic rings. The van der Waals surface area contributed by atoms with Crippen molar-refractivity contribution in [2.45, 2.75) is 13.0 Å². The number of hydrogen-bond donors (Lipinski definition) is 1. The van der Waals surface area contributed by atoms with Gasteiger partial charge in [0.25, 0.3) is 0 Å². The van der Waals surface area contributed by atoms with E-state index in [9.17, 15) is 0 Å². The molecule has 2 aromatic carbocycles. The molecule has 0 heterocycles. The monoisotopic (exact) mass is 261 g/mol. The van der Waals surface area contributed by atoms with E-state index < -0.39 is 0 Å². The summed E-state index contributed by atoms with van der Waals surface area (Å²) in [5, 5.41) is 4.08. The fourth-order valence-electron chi connectivity index (χ4n) is 1.80. The second-order valence-corrected chi connectivity index (χ2v) is 4.53. The van der Waals surface area contributed by atoms with Gasteiger partial charge < -0.3 is 10.1 Å². The van der Waals surface area contributed by atoms with E-state index in [1.165, 1.54) is 5.56 Å². The van der Waals surface area contributed by atoms with Crippen molar-refractivity contribution in [2.75, 3.05) is 12.4 Å². The SMILES string of the molecule is COc1ccc(Cl)c(NC(C)c2ccccc2)c1. The van der Waals surface area contributed by atoms with Crippen LogP contribution in [-0.2, 0) is 0 Å². The van der Waals surface area contributed by atoms with E-state index in [1.807, 2.05) is 36.4 Å². The number of methoxy groups -OCH3 is 1. The summed E-state index contributed by atoms with van der Waals surface area (Å²) < 4.78 is 5.20. The molecule has 1 N–H and O–H groups in total. The summed E-state index contributed by atoms with van der Waals surface area (Å²) in [5.41, 5.74) is 2.10. The molecule has 18 heavy (non-hydrogen) atoms. The van der Waals surface area contributed by atoms with Crippen molar-refractivity contribution in [3.8, 4) is 5.75 Å². The van der Waals surface area contributed by atoms with Gasteiger partial charge in [0.05, 0.1) is 17.8 Å². The van der Waals surface area contributed by atoms with Crippen molar-refractivity contribution in [1.82, 2.24) is 0 Å². The average Bonchev–Trinajstić information content (AvgIpc) is 2.42. The third-order valence-corrected chi connectivity index (χ3v) is 3.17. The van der Waals surface area contributed by atoms with Crippen molar-refractivity contribution in [3.63, 3.8) is 0 Å².